The van der Waals surface area contributed by atoms with Crippen LogP contribution in [0.5, 0.6) is 5.75 Å². The molecule has 0 bridgehead atoms. The normalized spacial score (nSPS) is 15.6. The van der Waals surface area contributed by atoms with Crippen LogP contribution < -0.4 is 14.8 Å². The second-order valence-electron chi connectivity index (χ2n) is 9.06. The number of rotatable bonds is 5. The van der Waals surface area contributed by atoms with Crippen LogP contribution in [0, 0.1) is 0 Å². The van der Waals surface area contributed by atoms with Gasteiger partial charge in [0, 0.05) is 35.8 Å². The minimum absolute atomic E-state index is 0.0787. The van der Waals surface area contributed by atoms with Crippen LogP contribution in [-0.2, 0) is 27.9 Å². The van der Waals surface area contributed by atoms with Crippen LogP contribution in [0.4, 0.5) is 0 Å². The van der Waals surface area contributed by atoms with Crippen molar-refractivity contribution in [3.05, 3.63) is 94.5 Å². The third-order valence-corrected chi connectivity index (χ3v) is 7.73. The number of hydrogen-bond donors (Lipinski definition) is 2. The average molecular weight is 556 g/mol. The summed E-state index contributed by atoms with van der Waals surface area (Å²) in [5.41, 5.74) is 1.67. The van der Waals surface area contributed by atoms with E-state index in [1.807, 2.05) is 35.2 Å². The first-order chi connectivity index (χ1) is 18.3. The fourth-order valence-corrected chi connectivity index (χ4v) is 5.32. The fraction of sp³-hybridized carbons (Fsp3) is 0.286. The van der Waals surface area contributed by atoms with Gasteiger partial charge in [-0.1, -0.05) is 48.0 Å². The van der Waals surface area contributed by atoms with Crippen molar-refractivity contribution in [3.8, 4) is 5.75 Å². The minimum atomic E-state index is -4.14. The highest BCUT2D eigenvalue weighted by Crippen LogP contribution is 2.26. The second-order valence-corrected chi connectivity index (χ2v) is 11.2. The molecule has 1 aliphatic rings. The van der Waals surface area contributed by atoms with E-state index in [1.54, 1.807) is 18.2 Å². The van der Waals surface area contributed by atoms with Crippen LogP contribution in [0.15, 0.2) is 77.7 Å². The standard InChI is InChI=1S/C28H30ClN3O5S/c29-22-12-14-23(15-13-22)38(35,36)31-28(34)24-10-7-11-26-25(24)19-32(18-21-8-3-1-4-9-21)20-27(33)30-16-5-2-6-17-37-26/h1,3-4,7-15H,2,5-6,16-20H2,(H,30,33)(H,31,34). The lowest BCUT2D eigenvalue weighted by molar-refractivity contribution is -0.122. The van der Waals surface area contributed by atoms with Crippen molar-refractivity contribution < 1.29 is 22.7 Å². The lowest BCUT2D eigenvalue weighted by Crippen LogP contribution is -2.38. The molecule has 0 saturated carbocycles. The second kappa shape index (κ2) is 12.9. The largest absolute Gasteiger partial charge is 0.493 e. The Labute approximate surface area is 228 Å². The number of nitrogens with zero attached hydrogens (tertiary/aromatic N) is 1. The van der Waals surface area contributed by atoms with Gasteiger partial charge < -0.3 is 10.1 Å². The van der Waals surface area contributed by atoms with E-state index in [0.717, 1.165) is 24.8 Å². The molecule has 3 aromatic rings. The maximum atomic E-state index is 13.4. The molecule has 4 rings (SSSR count). The fourth-order valence-electron chi connectivity index (χ4n) is 4.23. The predicted molar refractivity (Wildman–Crippen MR) is 145 cm³/mol. The summed E-state index contributed by atoms with van der Waals surface area (Å²) in [7, 11) is -4.14. The molecule has 0 spiro atoms. The van der Waals surface area contributed by atoms with Gasteiger partial charge in [0.1, 0.15) is 5.75 Å². The first kappa shape index (κ1) is 27.6. The molecule has 0 atom stereocenters. The summed E-state index contributed by atoms with van der Waals surface area (Å²) < 4.78 is 34.1. The van der Waals surface area contributed by atoms with Crippen molar-refractivity contribution in [2.45, 2.75) is 37.2 Å². The van der Waals surface area contributed by atoms with Crippen LogP contribution in [0.25, 0.3) is 0 Å². The van der Waals surface area contributed by atoms with Gasteiger partial charge in [0.25, 0.3) is 15.9 Å². The summed E-state index contributed by atoms with van der Waals surface area (Å²) in [6, 6.07) is 20.2. The maximum absolute atomic E-state index is 13.4. The number of amides is 2. The van der Waals surface area contributed by atoms with Gasteiger partial charge in [0.05, 0.1) is 18.0 Å². The van der Waals surface area contributed by atoms with E-state index in [2.05, 4.69) is 10.0 Å². The highest BCUT2D eigenvalue weighted by atomic mass is 35.5. The van der Waals surface area contributed by atoms with E-state index in [9.17, 15) is 18.0 Å². The number of hydrogen-bond acceptors (Lipinski definition) is 6. The highest BCUT2D eigenvalue weighted by Gasteiger charge is 2.24. The van der Waals surface area contributed by atoms with Crippen LogP contribution in [-0.4, -0.2) is 44.8 Å². The lowest BCUT2D eigenvalue weighted by Gasteiger charge is -2.24. The molecule has 2 amide bonds. The molecule has 38 heavy (non-hydrogen) atoms. The Bertz CT molecular complexity index is 1360. The van der Waals surface area contributed by atoms with E-state index >= 15 is 0 Å². The van der Waals surface area contributed by atoms with Gasteiger partial charge in [0.2, 0.25) is 5.91 Å². The summed E-state index contributed by atoms with van der Waals surface area (Å²) in [5.74, 6) is -0.414. The molecule has 0 aromatic heterocycles. The molecule has 1 aliphatic heterocycles. The number of nitrogens with one attached hydrogen (secondary N) is 2. The molecule has 0 fully saturated rings. The zero-order chi connectivity index (χ0) is 27.0. The monoisotopic (exact) mass is 555 g/mol. The van der Waals surface area contributed by atoms with Gasteiger partial charge in [-0.3, -0.25) is 14.5 Å². The SMILES string of the molecule is O=C1CN(Cc2ccccc2)Cc2c(cccc2C(=O)NS(=O)(=O)c2ccc(Cl)cc2)OCCCCCN1. The molecular formula is C28H30ClN3O5S. The van der Waals surface area contributed by atoms with Gasteiger partial charge in [0.15, 0.2) is 0 Å². The Morgan fingerprint density at radius 2 is 1.71 bits per heavy atom. The van der Waals surface area contributed by atoms with Crippen molar-refractivity contribution in [1.82, 2.24) is 14.9 Å². The predicted octanol–water partition coefficient (Wildman–Crippen LogP) is 4.14. The number of carbonyl (C=O) groups excluding carboxylic acids is 2. The minimum Gasteiger partial charge on any atom is -0.493 e. The van der Waals surface area contributed by atoms with Crippen molar-refractivity contribution in [3.63, 3.8) is 0 Å². The van der Waals surface area contributed by atoms with E-state index in [1.165, 1.54) is 24.3 Å². The Morgan fingerprint density at radius 3 is 2.47 bits per heavy atom. The summed E-state index contributed by atoms with van der Waals surface area (Å²) >= 11 is 5.88. The molecule has 0 saturated heterocycles. The van der Waals surface area contributed by atoms with Gasteiger partial charge in [-0.05, 0) is 61.2 Å². The summed E-state index contributed by atoms with van der Waals surface area (Å²) in [4.78, 5) is 27.9. The van der Waals surface area contributed by atoms with Gasteiger partial charge >= 0.3 is 0 Å². The molecule has 8 nitrogen and oxygen atoms in total. The molecule has 200 valence electrons. The molecule has 0 aliphatic carbocycles. The number of carbonyl (C=O) groups is 2. The number of halogens is 1. The van der Waals surface area contributed by atoms with Crippen LogP contribution >= 0.6 is 11.6 Å². The summed E-state index contributed by atoms with van der Waals surface area (Å²) in [6.45, 7) is 1.78. The maximum Gasteiger partial charge on any atom is 0.265 e. The number of fused-ring (bicyclic) bond motifs is 1. The highest BCUT2D eigenvalue weighted by molar-refractivity contribution is 7.90. The smallest absolute Gasteiger partial charge is 0.265 e. The molecular weight excluding hydrogens is 526 g/mol. The molecule has 0 radical (unpaired) electrons. The van der Waals surface area contributed by atoms with E-state index in [0.29, 0.717) is 36.0 Å². The Balaban J connectivity index is 1.67. The number of ether oxygens (including phenoxy) is 1. The molecule has 3 aromatic carbocycles. The third-order valence-electron chi connectivity index (χ3n) is 6.13. The van der Waals surface area contributed by atoms with Crippen LogP contribution in [0.3, 0.4) is 0 Å². The van der Waals surface area contributed by atoms with Crippen molar-refractivity contribution in [1.29, 1.82) is 0 Å². The number of sulfonamides is 1. The zero-order valence-corrected chi connectivity index (χ0v) is 22.4. The van der Waals surface area contributed by atoms with Crippen LogP contribution in [0.2, 0.25) is 5.02 Å². The van der Waals surface area contributed by atoms with Gasteiger partial charge in [-0.2, -0.15) is 0 Å². The molecule has 0 unspecified atom stereocenters. The Hall–Kier alpha value is -3.40. The van der Waals surface area contributed by atoms with Gasteiger partial charge in [-0.15, -0.1) is 0 Å². The lowest BCUT2D eigenvalue weighted by atomic mass is 10.0. The first-order valence-corrected chi connectivity index (χ1v) is 14.3. The van der Waals surface area contributed by atoms with Crippen molar-refractivity contribution >= 4 is 33.4 Å². The van der Waals surface area contributed by atoms with Crippen LogP contribution in [0.1, 0.15) is 40.7 Å². The Morgan fingerprint density at radius 1 is 0.947 bits per heavy atom. The number of benzene rings is 3. The molecule has 1 heterocycles. The van der Waals surface area contributed by atoms with Gasteiger partial charge in [-0.25, -0.2) is 13.1 Å². The summed E-state index contributed by atoms with van der Waals surface area (Å²) in [6.07, 6.45) is 2.50. The van der Waals surface area contributed by atoms with E-state index in [-0.39, 0.29) is 29.5 Å². The van der Waals surface area contributed by atoms with Crippen molar-refractivity contribution in [2.75, 3.05) is 19.7 Å². The topological polar surface area (TPSA) is 105 Å². The van der Waals surface area contributed by atoms with E-state index in [4.69, 9.17) is 16.3 Å². The third kappa shape index (κ3) is 7.56. The molecule has 2 N–H and O–H groups in total. The average Bonchev–Trinajstić information content (AvgIpc) is 2.90. The summed E-state index contributed by atoms with van der Waals surface area (Å²) in [5, 5.41) is 3.35. The van der Waals surface area contributed by atoms with E-state index < -0.39 is 15.9 Å². The first-order valence-electron chi connectivity index (χ1n) is 12.4. The molecule has 10 heteroatoms. The quantitative estimate of drug-likeness (QED) is 0.490. The van der Waals surface area contributed by atoms with Crippen molar-refractivity contribution in [2.24, 2.45) is 0 Å². The Kier molecular flexibility index (Phi) is 9.38. The zero-order valence-electron chi connectivity index (χ0n) is 20.9.